The third-order valence-electron chi connectivity index (χ3n) is 5.38. The number of halogens is 2. The van der Waals surface area contributed by atoms with Gasteiger partial charge in [0.05, 0.1) is 15.0 Å². The quantitative estimate of drug-likeness (QED) is 0.675. The van der Waals surface area contributed by atoms with E-state index in [1.165, 1.54) is 11.8 Å². The lowest BCUT2D eigenvalue weighted by Gasteiger charge is -2.35. The highest BCUT2D eigenvalue weighted by molar-refractivity contribution is 8.04. The van der Waals surface area contributed by atoms with Crippen LogP contribution in [-0.4, -0.2) is 61.4 Å². The van der Waals surface area contributed by atoms with Gasteiger partial charge in [-0.05, 0) is 49.5 Å². The van der Waals surface area contributed by atoms with Crippen LogP contribution in [0.3, 0.4) is 0 Å². The summed E-state index contributed by atoms with van der Waals surface area (Å²) in [5, 5.41) is 11.0. The second kappa shape index (κ2) is 9.10. The summed E-state index contributed by atoms with van der Waals surface area (Å²) in [6.07, 6.45) is 1.89. The molecule has 0 unspecified atom stereocenters. The Balaban J connectivity index is 1.64. The SMILES string of the molecule is CN1CCN(c2ccc(O)cc2C=C2SCCN(c3ccc(Cl)c(Cl)c3)C2=O)CC1. The Hall–Kier alpha value is -1.86. The summed E-state index contributed by atoms with van der Waals surface area (Å²) in [5.41, 5.74) is 2.62. The number of phenolic OH excluding ortho intramolecular Hbond substituents is 1. The number of anilines is 2. The van der Waals surface area contributed by atoms with E-state index in [0.29, 0.717) is 21.5 Å². The summed E-state index contributed by atoms with van der Waals surface area (Å²) in [6.45, 7) is 4.39. The normalized spacial score (nSPS) is 19.6. The number of hydrogen-bond donors (Lipinski definition) is 1. The molecule has 0 atom stereocenters. The average Bonchev–Trinajstić information content (AvgIpc) is 2.73. The third kappa shape index (κ3) is 4.57. The number of hydrogen-bond acceptors (Lipinski definition) is 5. The second-order valence-electron chi connectivity index (χ2n) is 7.45. The molecule has 158 valence electrons. The number of nitrogens with zero attached hydrogens (tertiary/aromatic N) is 3. The van der Waals surface area contributed by atoms with Gasteiger partial charge in [-0.25, -0.2) is 0 Å². The van der Waals surface area contributed by atoms with Gasteiger partial charge in [0.1, 0.15) is 5.75 Å². The van der Waals surface area contributed by atoms with Crippen molar-refractivity contribution in [2.45, 2.75) is 0 Å². The molecular formula is C22H23Cl2N3O2S. The first kappa shape index (κ1) is 21.4. The van der Waals surface area contributed by atoms with E-state index >= 15 is 0 Å². The maximum atomic E-state index is 13.2. The second-order valence-corrected chi connectivity index (χ2v) is 9.40. The zero-order valence-electron chi connectivity index (χ0n) is 16.6. The Morgan fingerprint density at radius 2 is 1.77 bits per heavy atom. The summed E-state index contributed by atoms with van der Waals surface area (Å²) in [6, 6.07) is 10.6. The highest BCUT2D eigenvalue weighted by Gasteiger charge is 2.26. The van der Waals surface area contributed by atoms with E-state index in [-0.39, 0.29) is 11.7 Å². The molecule has 4 rings (SSSR count). The van der Waals surface area contributed by atoms with Crippen molar-refractivity contribution in [2.75, 3.05) is 55.3 Å². The molecule has 1 amide bonds. The molecule has 0 radical (unpaired) electrons. The van der Waals surface area contributed by atoms with Gasteiger partial charge in [0.2, 0.25) is 0 Å². The third-order valence-corrected chi connectivity index (χ3v) is 7.11. The number of benzene rings is 2. The van der Waals surface area contributed by atoms with E-state index in [2.05, 4.69) is 16.8 Å². The van der Waals surface area contributed by atoms with Gasteiger partial charge in [-0.1, -0.05) is 23.2 Å². The van der Waals surface area contributed by atoms with Crippen molar-refractivity contribution >= 4 is 58.3 Å². The Morgan fingerprint density at radius 1 is 1.00 bits per heavy atom. The first-order valence-electron chi connectivity index (χ1n) is 9.80. The maximum absolute atomic E-state index is 13.2. The Bertz CT molecular complexity index is 990. The summed E-state index contributed by atoms with van der Waals surface area (Å²) in [4.78, 5) is 20.2. The van der Waals surface area contributed by atoms with Crippen LogP contribution in [0, 0.1) is 0 Å². The van der Waals surface area contributed by atoms with Crippen LogP contribution in [0.1, 0.15) is 5.56 Å². The van der Waals surface area contributed by atoms with Gasteiger partial charge < -0.3 is 19.8 Å². The summed E-state index contributed by atoms with van der Waals surface area (Å²) in [7, 11) is 2.12. The maximum Gasteiger partial charge on any atom is 0.264 e. The minimum atomic E-state index is -0.0719. The minimum absolute atomic E-state index is 0.0719. The van der Waals surface area contributed by atoms with E-state index in [9.17, 15) is 9.90 Å². The fourth-order valence-electron chi connectivity index (χ4n) is 3.68. The molecule has 2 aliphatic heterocycles. The lowest BCUT2D eigenvalue weighted by molar-refractivity contribution is -0.114. The molecule has 2 aliphatic rings. The minimum Gasteiger partial charge on any atom is -0.508 e. The average molecular weight is 464 g/mol. The van der Waals surface area contributed by atoms with Gasteiger partial charge >= 0.3 is 0 Å². The van der Waals surface area contributed by atoms with Crippen molar-refractivity contribution in [3.8, 4) is 5.75 Å². The van der Waals surface area contributed by atoms with Crippen LogP contribution in [0.5, 0.6) is 5.75 Å². The predicted octanol–water partition coefficient (Wildman–Crippen LogP) is 4.57. The molecule has 2 saturated heterocycles. The van der Waals surface area contributed by atoms with Gasteiger partial charge in [-0.2, -0.15) is 0 Å². The highest BCUT2D eigenvalue weighted by Crippen LogP contribution is 2.35. The van der Waals surface area contributed by atoms with Gasteiger partial charge in [-0.15, -0.1) is 11.8 Å². The fraction of sp³-hybridized carbons (Fsp3) is 0.318. The zero-order valence-corrected chi connectivity index (χ0v) is 19.0. The Labute approximate surface area is 190 Å². The fourth-order valence-corrected chi connectivity index (χ4v) is 4.91. The summed E-state index contributed by atoms with van der Waals surface area (Å²) in [5.74, 6) is 0.896. The molecule has 30 heavy (non-hydrogen) atoms. The molecule has 2 aromatic rings. The van der Waals surface area contributed by atoms with E-state index in [1.54, 1.807) is 29.2 Å². The van der Waals surface area contributed by atoms with Crippen LogP contribution in [0.2, 0.25) is 10.0 Å². The summed E-state index contributed by atoms with van der Waals surface area (Å²) >= 11 is 13.7. The van der Waals surface area contributed by atoms with Crippen LogP contribution in [0.4, 0.5) is 11.4 Å². The van der Waals surface area contributed by atoms with Crippen LogP contribution < -0.4 is 9.80 Å². The van der Waals surface area contributed by atoms with Gasteiger partial charge in [0.25, 0.3) is 5.91 Å². The Morgan fingerprint density at radius 3 is 2.50 bits per heavy atom. The number of carbonyl (C=O) groups excluding carboxylic acids is 1. The number of likely N-dealkylation sites (N-methyl/N-ethyl adjacent to an activating group) is 1. The molecule has 5 nitrogen and oxygen atoms in total. The molecule has 8 heteroatoms. The number of rotatable bonds is 3. The molecule has 0 aromatic heterocycles. The van der Waals surface area contributed by atoms with Crippen LogP contribution in [0.15, 0.2) is 41.3 Å². The van der Waals surface area contributed by atoms with E-state index in [1.807, 2.05) is 18.2 Å². The first-order chi connectivity index (χ1) is 14.4. The molecule has 0 bridgehead atoms. The van der Waals surface area contributed by atoms with Gasteiger partial charge in [-0.3, -0.25) is 4.79 Å². The first-order valence-corrected chi connectivity index (χ1v) is 11.5. The number of aromatic hydroxyl groups is 1. The van der Waals surface area contributed by atoms with Crippen LogP contribution >= 0.6 is 35.0 Å². The molecule has 0 spiro atoms. The van der Waals surface area contributed by atoms with Crippen molar-refractivity contribution in [3.05, 3.63) is 56.9 Å². The Kier molecular flexibility index (Phi) is 6.48. The van der Waals surface area contributed by atoms with E-state index in [0.717, 1.165) is 48.9 Å². The number of phenols is 1. The van der Waals surface area contributed by atoms with Crippen LogP contribution in [-0.2, 0) is 4.79 Å². The molecular weight excluding hydrogens is 441 g/mol. The van der Waals surface area contributed by atoms with Crippen molar-refractivity contribution in [1.82, 2.24) is 4.90 Å². The van der Waals surface area contributed by atoms with E-state index in [4.69, 9.17) is 23.2 Å². The molecule has 0 aliphatic carbocycles. The number of amides is 1. The molecule has 2 fully saturated rings. The smallest absolute Gasteiger partial charge is 0.264 e. The van der Waals surface area contributed by atoms with E-state index < -0.39 is 0 Å². The van der Waals surface area contributed by atoms with Crippen molar-refractivity contribution in [2.24, 2.45) is 0 Å². The highest BCUT2D eigenvalue weighted by atomic mass is 35.5. The lowest BCUT2D eigenvalue weighted by Crippen LogP contribution is -2.44. The molecule has 0 saturated carbocycles. The lowest BCUT2D eigenvalue weighted by atomic mass is 10.1. The summed E-state index contributed by atoms with van der Waals surface area (Å²) < 4.78 is 0. The van der Waals surface area contributed by atoms with Crippen molar-refractivity contribution in [1.29, 1.82) is 0 Å². The molecule has 2 heterocycles. The standard InChI is InChI=1S/C22H23Cl2N3O2S/c1-25-6-8-26(9-7-25)20-5-3-17(28)12-15(20)13-21-22(29)27(10-11-30-21)16-2-4-18(23)19(24)14-16/h2-5,12-14,28H,6-11H2,1H3. The van der Waals surface area contributed by atoms with Crippen molar-refractivity contribution in [3.63, 3.8) is 0 Å². The number of carbonyl (C=O) groups is 1. The van der Waals surface area contributed by atoms with Gasteiger partial charge in [0.15, 0.2) is 0 Å². The predicted molar refractivity (Wildman–Crippen MR) is 127 cm³/mol. The molecule has 1 N–H and O–H groups in total. The topological polar surface area (TPSA) is 47.0 Å². The van der Waals surface area contributed by atoms with Crippen molar-refractivity contribution < 1.29 is 9.90 Å². The molecule has 2 aromatic carbocycles. The van der Waals surface area contributed by atoms with Crippen LogP contribution in [0.25, 0.3) is 6.08 Å². The van der Waals surface area contributed by atoms with Gasteiger partial charge in [0, 0.05) is 55.4 Å². The monoisotopic (exact) mass is 463 g/mol. The number of piperazine rings is 1. The zero-order chi connectivity index (χ0) is 21.3. The largest absolute Gasteiger partial charge is 0.508 e. The number of thioether (sulfide) groups is 1.